The van der Waals surface area contributed by atoms with Crippen LogP contribution in [0, 0.1) is 0 Å². The Hall–Kier alpha value is -2.05. The van der Waals surface area contributed by atoms with Crippen LogP contribution in [0.1, 0.15) is 22.2 Å². The fourth-order valence-corrected chi connectivity index (χ4v) is 3.09. The van der Waals surface area contributed by atoms with E-state index in [4.69, 9.17) is 16.3 Å². The average Bonchev–Trinajstić information content (AvgIpc) is 3.08. The number of likely N-dealkylation sites (N-methyl/N-ethyl adjacent to an activating group) is 1. The maximum absolute atomic E-state index is 12.5. The molecule has 0 bridgehead atoms. The smallest absolute Gasteiger partial charge is 0.261 e. The minimum atomic E-state index is -0.630. The summed E-state index contributed by atoms with van der Waals surface area (Å²) in [5.74, 6) is 0.218. The van der Waals surface area contributed by atoms with Crippen LogP contribution < -0.4 is 10.1 Å². The van der Waals surface area contributed by atoms with E-state index in [1.807, 2.05) is 5.38 Å². The third-order valence-corrected chi connectivity index (χ3v) is 4.59. The number of carbonyl (C=O) groups is 2. The van der Waals surface area contributed by atoms with E-state index in [0.717, 1.165) is 5.56 Å². The van der Waals surface area contributed by atoms with Crippen LogP contribution in [0.15, 0.2) is 35.7 Å². The highest BCUT2D eigenvalue weighted by molar-refractivity contribution is 7.12. The highest BCUT2D eigenvalue weighted by atomic mass is 35.5. The van der Waals surface area contributed by atoms with E-state index in [0.29, 0.717) is 22.2 Å². The lowest BCUT2D eigenvalue weighted by Gasteiger charge is -2.23. The van der Waals surface area contributed by atoms with Gasteiger partial charge >= 0.3 is 0 Å². The lowest BCUT2D eigenvalue weighted by atomic mass is 10.1. The predicted molar refractivity (Wildman–Crippen MR) is 95.7 cm³/mol. The summed E-state index contributed by atoms with van der Waals surface area (Å²) in [5.41, 5.74) is 0.803. The molecule has 2 aromatic rings. The van der Waals surface area contributed by atoms with Crippen molar-refractivity contribution in [3.8, 4) is 5.75 Å². The molecule has 2 amide bonds. The summed E-state index contributed by atoms with van der Waals surface area (Å²) in [7, 11) is 3.24. The predicted octanol–water partition coefficient (Wildman–Crippen LogP) is 3.19. The van der Waals surface area contributed by atoms with Crippen LogP contribution in [0.2, 0.25) is 5.02 Å². The van der Waals surface area contributed by atoms with Crippen molar-refractivity contribution in [2.24, 2.45) is 0 Å². The normalized spacial score (nSPS) is 11.7. The molecule has 5 nitrogen and oxygen atoms in total. The third kappa shape index (κ3) is 4.49. The van der Waals surface area contributed by atoms with Gasteiger partial charge in [0.05, 0.1) is 12.0 Å². The molecule has 1 aromatic carbocycles. The second kappa shape index (κ2) is 8.17. The minimum absolute atomic E-state index is 0.193. The molecule has 2 rings (SSSR count). The lowest BCUT2D eigenvalue weighted by molar-refractivity contribution is -0.132. The summed E-state index contributed by atoms with van der Waals surface area (Å²) >= 11 is 7.34. The molecular formula is C17H19ClN2O3S. The highest BCUT2D eigenvalue weighted by Crippen LogP contribution is 2.23. The SMILES string of the molecule is COc1ccc(Cl)cc1CN(C)C(=O)C(C)NC(=O)c1cccs1. The molecule has 1 atom stereocenters. The van der Waals surface area contributed by atoms with Crippen molar-refractivity contribution in [1.29, 1.82) is 0 Å². The van der Waals surface area contributed by atoms with Gasteiger partial charge in [0.15, 0.2) is 0 Å². The van der Waals surface area contributed by atoms with Gasteiger partial charge in [-0.15, -0.1) is 11.3 Å². The molecule has 1 heterocycles. The number of ether oxygens (including phenoxy) is 1. The van der Waals surface area contributed by atoms with Gasteiger partial charge in [0.2, 0.25) is 5.91 Å². The fourth-order valence-electron chi connectivity index (χ4n) is 2.27. The summed E-state index contributed by atoms with van der Waals surface area (Å²) in [6.07, 6.45) is 0. The van der Waals surface area contributed by atoms with Crippen molar-refractivity contribution in [2.75, 3.05) is 14.2 Å². The lowest BCUT2D eigenvalue weighted by Crippen LogP contribution is -2.45. The van der Waals surface area contributed by atoms with Crippen molar-refractivity contribution < 1.29 is 14.3 Å². The largest absolute Gasteiger partial charge is 0.496 e. The number of methoxy groups -OCH3 is 1. The zero-order valence-electron chi connectivity index (χ0n) is 13.7. The molecule has 0 saturated heterocycles. The van der Waals surface area contributed by atoms with Gasteiger partial charge < -0.3 is 15.0 Å². The van der Waals surface area contributed by atoms with Crippen molar-refractivity contribution in [3.63, 3.8) is 0 Å². The van der Waals surface area contributed by atoms with E-state index in [2.05, 4.69) is 5.32 Å². The zero-order chi connectivity index (χ0) is 17.7. The number of nitrogens with zero attached hydrogens (tertiary/aromatic N) is 1. The number of amides is 2. The quantitative estimate of drug-likeness (QED) is 0.854. The number of benzene rings is 1. The molecule has 0 saturated carbocycles. The van der Waals surface area contributed by atoms with Gasteiger partial charge in [0, 0.05) is 24.2 Å². The third-order valence-electron chi connectivity index (χ3n) is 3.49. The van der Waals surface area contributed by atoms with E-state index in [9.17, 15) is 9.59 Å². The van der Waals surface area contributed by atoms with Gasteiger partial charge in [-0.1, -0.05) is 17.7 Å². The van der Waals surface area contributed by atoms with Crippen molar-refractivity contribution in [2.45, 2.75) is 19.5 Å². The van der Waals surface area contributed by atoms with E-state index in [1.54, 1.807) is 51.4 Å². The van der Waals surface area contributed by atoms with E-state index in [1.165, 1.54) is 16.2 Å². The minimum Gasteiger partial charge on any atom is -0.496 e. The van der Waals surface area contributed by atoms with Crippen molar-refractivity contribution in [3.05, 3.63) is 51.2 Å². The summed E-state index contributed by atoms with van der Waals surface area (Å²) < 4.78 is 5.29. The van der Waals surface area contributed by atoms with Crippen molar-refractivity contribution >= 4 is 34.8 Å². The molecule has 0 aliphatic heterocycles. The summed E-state index contributed by atoms with van der Waals surface area (Å²) in [6, 6.07) is 8.14. The van der Waals surface area contributed by atoms with Gasteiger partial charge in [0.1, 0.15) is 11.8 Å². The maximum atomic E-state index is 12.5. The Bertz CT molecular complexity index is 719. The first-order chi connectivity index (χ1) is 11.4. The molecule has 0 radical (unpaired) electrons. The molecular weight excluding hydrogens is 348 g/mol. The second-order valence-electron chi connectivity index (χ2n) is 5.32. The monoisotopic (exact) mass is 366 g/mol. The van der Waals surface area contributed by atoms with E-state index in [-0.39, 0.29) is 11.8 Å². The van der Waals surface area contributed by atoms with Crippen LogP contribution in [-0.2, 0) is 11.3 Å². The number of nitrogens with one attached hydrogen (secondary N) is 1. The summed E-state index contributed by atoms with van der Waals surface area (Å²) in [6.45, 7) is 2.00. The van der Waals surface area contributed by atoms with Gasteiger partial charge in [-0.2, -0.15) is 0 Å². The highest BCUT2D eigenvalue weighted by Gasteiger charge is 2.21. The Morgan fingerprint density at radius 2 is 2.12 bits per heavy atom. The summed E-state index contributed by atoms with van der Waals surface area (Å²) in [4.78, 5) is 26.6. The van der Waals surface area contributed by atoms with Gasteiger partial charge in [-0.05, 0) is 36.6 Å². The van der Waals surface area contributed by atoms with Gasteiger partial charge in [-0.25, -0.2) is 0 Å². The first-order valence-electron chi connectivity index (χ1n) is 7.34. The van der Waals surface area contributed by atoms with Crippen LogP contribution in [0.25, 0.3) is 0 Å². The van der Waals surface area contributed by atoms with E-state index >= 15 is 0 Å². The molecule has 0 aliphatic carbocycles. The maximum Gasteiger partial charge on any atom is 0.261 e. The average molecular weight is 367 g/mol. The zero-order valence-corrected chi connectivity index (χ0v) is 15.3. The van der Waals surface area contributed by atoms with Gasteiger partial charge in [0.25, 0.3) is 5.91 Å². The number of hydrogen-bond acceptors (Lipinski definition) is 4. The Kier molecular flexibility index (Phi) is 6.23. The Morgan fingerprint density at radius 1 is 1.38 bits per heavy atom. The van der Waals surface area contributed by atoms with Crippen molar-refractivity contribution in [1.82, 2.24) is 10.2 Å². The number of thiophene rings is 1. The fraction of sp³-hybridized carbons (Fsp3) is 0.294. The van der Waals surface area contributed by atoms with Crippen LogP contribution in [-0.4, -0.2) is 36.9 Å². The Morgan fingerprint density at radius 3 is 2.75 bits per heavy atom. The molecule has 0 spiro atoms. The topological polar surface area (TPSA) is 58.6 Å². The first kappa shape index (κ1) is 18.3. The molecule has 1 aromatic heterocycles. The number of hydrogen-bond donors (Lipinski definition) is 1. The van der Waals surface area contributed by atoms with Gasteiger partial charge in [-0.3, -0.25) is 9.59 Å². The van der Waals surface area contributed by atoms with Crippen LogP contribution in [0.4, 0.5) is 0 Å². The number of rotatable bonds is 6. The number of halogens is 1. The summed E-state index contributed by atoms with van der Waals surface area (Å²) in [5, 5.41) is 5.10. The molecule has 1 N–H and O–H groups in total. The molecule has 1 unspecified atom stereocenters. The van der Waals surface area contributed by atoms with E-state index < -0.39 is 6.04 Å². The molecule has 24 heavy (non-hydrogen) atoms. The standard InChI is InChI=1S/C17H19ClN2O3S/c1-11(19-16(21)15-5-4-8-24-15)17(22)20(2)10-12-9-13(18)6-7-14(12)23-3/h4-9,11H,10H2,1-3H3,(H,19,21). The molecule has 0 fully saturated rings. The Labute approximate surface area is 150 Å². The van der Waals surface area contributed by atoms with Crippen LogP contribution >= 0.6 is 22.9 Å². The molecule has 0 aliphatic rings. The van der Waals surface area contributed by atoms with Crippen LogP contribution in [0.5, 0.6) is 5.75 Å². The molecule has 7 heteroatoms. The second-order valence-corrected chi connectivity index (χ2v) is 6.71. The first-order valence-corrected chi connectivity index (χ1v) is 8.60. The Balaban J connectivity index is 2.01. The molecule has 128 valence electrons. The number of carbonyl (C=O) groups excluding carboxylic acids is 2. The van der Waals surface area contributed by atoms with Crippen LogP contribution in [0.3, 0.4) is 0 Å².